The Hall–Kier alpha value is -2.08. The quantitative estimate of drug-likeness (QED) is 0.899. The molecule has 3 fully saturated rings. The predicted octanol–water partition coefficient (Wildman–Crippen LogP) is 2.03. The van der Waals surface area contributed by atoms with Gasteiger partial charge in [-0.15, -0.1) is 0 Å². The summed E-state index contributed by atoms with van der Waals surface area (Å²) >= 11 is 0. The van der Waals surface area contributed by atoms with Gasteiger partial charge in [-0.2, -0.15) is 0 Å². The zero-order valence-electron chi connectivity index (χ0n) is 15.4. The molecule has 1 aromatic carbocycles. The van der Waals surface area contributed by atoms with Crippen LogP contribution in [0.1, 0.15) is 40.7 Å². The molecule has 26 heavy (non-hydrogen) atoms. The van der Waals surface area contributed by atoms with Gasteiger partial charge in [-0.3, -0.25) is 4.79 Å². The van der Waals surface area contributed by atoms with Gasteiger partial charge in [0.05, 0.1) is 6.61 Å². The maximum Gasteiger partial charge on any atom is 0.410 e. The van der Waals surface area contributed by atoms with Crippen LogP contribution in [-0.4, -0.2) is 61.6 Å². The molecule has 2 amide bonds. The largest absolute Gasteiger partial charge is 0.449 e. The highest BCUT2D eigenvalue weighted by atomic mass is 16.6. The van der Waals surface area contributed by atoms with Gasteiger partial charge < -0.3 is 19.9 Å². The third-order valence-corrected chi connectivity index (χ3v) is 6.34. The van der Waals surface area contributed by atoms with Crippen LogP contribution in [0.5, 0.6) is 0 Å². The average molecular weight is 357 g/mol. The number of ether oxygens (including phenoxy) is 1. The lowest BCUT2D eigenvalue weighted by molar-refractivity contribution is -0.0288. The van der Waals surface area contributed by atoms with E-state index < -0.39 is 0 Å². The summed E-state index contributed by atoms with van der Waals surface area (Å²) in [4.78, 5) is 28.6. The number of amides is 2. The van der Waals surface area contributed by atoms with Crippen LogP contribution in [0.2, 0.25) is 0 Å². The summed E-state index contributed by atoms with van der Waals surface area (Å²) in [7, 11) is 1.63. The van der Waals surface area contributed by atoms with Crippen molar-refractivity contribution in [1.29, 1.82) is 0 Å². The summed E-state index contributed by atoms with van der Waals surface area (Å²) < 4.78 is 5.74. The summed E-state index contributed by atoms with van der Waals surface area (Å²) in [5.74, 6) is -0.0765. The Morgan fingerprint density at radius 1 is 1.12 bits per heavy atom. The minimum absolute atomic E-state index is 0.0765. The van der Waals surface area contributed by atoms with Crippen molar-refractivity contribution in [3.63, 3.8) is 0 Å². The zero-order chi connectivity index (χ0) is 18.1. The molecule has 140 valence electrons. The molecule has 0 radical (unpaired) electrons. The molecule has 0 spiro atoms. The second kappa shape index (κ2) is 6.91. The molecule has 2 bridgehead atoms. The highest BCUT2D eigenvalue weighted by Gasteiger charge is 2.40. The molecule has 5 rings (SSSR count). The first-order valence-electron chi connectivity index (χ1n) is 9.57. The molecular weight excluding hydrogens is 330 g/mol. The van der Waals surface area contributed by atoms with Crippen molar-refractivity contribution in [3.05, 3.63) is 34.9 Å². The average Bonchev–Trinajstić information content (AvgIpc) is 2.72. The van der Waals surface area contributed by atoms with E-state index in [1.807, 2.05) is 18.2 Å². The smallest absolute Gasteiger partial charge is 0.410 e. The van der Waals surface area contributed by atoms with Gasteiger partial charge in [0.25, 0.3) is 5.91 Å². The molecule has 1 N–H and O–H groups in total. The lowest BCUT2D eigenvalue weighted by atomic mass is 9.73. The van der Waals surface area contributed by atoms with Gasteiger partial charge in [0, 0.05) is 31.1 Å². The summed E-state index contributed by atoms with van der Waals surface area (Å²) in [5, 5.41) is 2.65. The third-order valence-electron chi connectivity index (χ3n) is 6.34. The normalized spacial score (nSPS) is 27.0. The van der Waals surface area contributed by atoms with Crippen molar-refractivity contribution < 1.29 is 14.3 Å². The van der Waals surface area contributed by atoms with E-state index >= 15 is 0 Å². The van der Waals surface area contributed by atoms with Gasteiger partial charge in [0.2, 0.25) is 0 Å². The van der Waals surface area contributed by atoms with Gasteiger partial charge in [0.15, 0.2) is 0 Å². The monoisotopic (exact) mass is 357 g/mol. The molecule has 3 saturated heterocycles. The number of nitrogens with zero attached hydrogens (tertiary/aromatic N) is 2. The number of hydrogen-bond donors (Lipinski definition) is 1. The molecule has 0 saturated carbocycles. The number of nitrogens with one attached hydrogen (secondary N) is 1. The fourth-order valence-electron chi connectivity index (χ4n) is 4.41. The van der Waals surface area contributed by atoms with Gasteiger partial charge in [0.1, 0.15) is 0 Å². The lowest BCUT2D eigenvalue weighted by Gasteiger charge is -2.48. The SMILES string of the molecule is CNC(=O)c1ccc2c(c1)CCN(C(=O)OCC13CCN(CC1)CC3)C2. The van der Waals surface area contributed by atoms with Gasteiger partial charge in [-0.1, -0.05) is 6.07 Å². The molecule has 4 aliphatic rings. The molecule has 0 unspecified atom stereocenters. The molecule has 1 aromatic rings. The first-order valence-corrected chi connectivity index (χ1v) is 9.57. The Morgan fingerprint density at radius 2 is 1.85 bits per heavy atom. The Labute approximate surface area is 154 Å². The van der Waals surface area contributed by atoms with E-state index in [2.05, 4.69) is 10.2 Å². The van der Waals surface area contributed by atoms with Gasteiger partial charge in [-0.25, -0.2) is 4.79 Å². The maximum absolute atomic E-state index is 12.6. The number of fused-ring (bicyclic) bond motifs is 4. The van der Waals surface area contributed by atoms with Crippen LogP contribution in [0.3, 0.4) is 0 Å². The molecular formula is C20H27N3O3. The molecule has 6 nitrogen and oxygen atoms in total. The van der Waals surface area contributed by atoms with Crippen molar-refractivity contribution >= 4 is 12.0 Å². The second-order valence-corrected chi connectivity index (χ2v) is 7.88. The molecule has 0 aromatic heterocycles. The van der Waals surface area contributed by atoms with E-state index in [-0.39, 0.29) is 17.4 Å². The van der Waals surface area contributed by atoms with Crippen molar-refractivity contribution in [2.24, 2.45) is 5.41 Å². The van der Waals surface area contributed by atoms with E-state index in [1.165, 1.54) is 0 Å². The highest BCUT2D eigenvalue weighted by molar-refractivity contribution is 5.94. The molecule has 4 heterocycles. The third kappa shape index (κ3) is 3.30. The van der Waals surface area contributed by atoms with E-state index in [0.717, 1.165) is 56.4 Å². The predicted molar refractivity (Wildman–Crippen MR) is 98.0 cm³/mol. The molecule has 6 heteroatoms. The first-order chi connectivity index (χ1) is 12.6. The molecule has 4 aliphatic heterocycles. The Bertz CT molecular complexity index is 696. The minimum Gasteiger partial charge on any atom is -0.449 e. The van der Waals surface area contributed by atoms with Crippen molar-refractivity contribution in [1.82, 2.24) is 15.1 Å². The van der Waals surface area contributed by atoms with Crippen LogP contribution in [-0.2, 0) is 17.7 Å². The van der Waals surface area contributed by atoms with E-state index in [9.17, 15) is 9.59 Å². The van der Waals surface area contributed by atoms with Crippen LogP contribution in [0.4, 0.5) is 4.79 Å². The maximum atomic E-state index is 12.6. The summed E-state index contributed by atoms with van der Waals surface area (Å²) in [6.45, 7) is 5.18. The standard InChI is InChI=1S/C20H27N3O3/c1-21-18(24)16-2-3-17-13-23(8-4-15(17)12-16)19(25)26-14-20-5-9-22(10-6-20)11-7-20/h2-3,12H,4-11,13-14H2,1H3,(H,21,24). The number of benzene rings is 1. The van der Waals surface area contributed by atoms with E-state index in [4.69, 9.17) is 4.74 Å². The van der Waals surface area contributed by atoms with E-state index in [1.54, 1.807) is 11.9 Å². The van der Waals surface area contributed by atoms with Crippen LogP contribution in [0.15, 0.2) is 18.2 Å². The number of carbonyl (C=O) groups excluding carboxylic acids is 2. The number of hydrogen-bond acceptors (Lipinski definition) is 4. The summed E-state index contributed by atoms with van der Waals surface area (Å²) in [6, 6.07) is 5.71. The molecule has 0 atom stereocenters. The Balaban J connectivity index is 1.36. The van der Waals surface area contributed by atoms with Gasteiger partial charge in [-0.05, 0) is 68.6 Å². The zero-order valence-corrected chi connectivity index (χ0v) is 15.4. The number of carbonyl (C=O) groups is 2. The Morgan fingerprint density at radius 3 is 2.54 bits per heavy atom. The minimum atomic E-state index is -0.201. The summed E-state index contributed by atoms with van der Waals surface area (Å²) in [6.07, 6.45) is 3.99. The fourth-order valence-corrected chi connectivity index (χ4v) is 4.41. The van der Waals surface area contributed by atoms with Crippen LogP contribution >= 0.6 is 0 Å². The van der Waals surface area contributed by atoms with Crippen molar-refractivity contribution in [2.45, 2.75) is 32.2 Å². The van der Waals surface area contributed by atoms with Gasteiger partial charge >= 0.3 is 6.09 Å². The second-order valence-electron chi connectivity index (χ2n) is 7.88. The fraction of sp³-hybridized carbons (Fsp3) is 0.600. The number of rotatable bonds is 3. The van der Waals surface area contributed by atoms with Crippen molar-refractivity contribution in [3.8, 4) is 0 Å². The molecule has 0 aliphatic carbocycles. The van der Waals surface area contributed by atoms with Crippen LogP contribution < -0.4 is 5.32 Å². The topological polar surface area (TPSA) is 61.9 Å². The van der Waals surface area contributed by atoms with E-state index in [0.29, 0.717) is 25.3 Å². The lowest BCUT2D eigenvalue weighted by Crippen LogP contribution is -2.50. The Kier molecular flexibility index (Phi) is 4.61. The summed E-state index contributed by atoms with van der Waals surface area (Å²) in [5.41, 5.74) is 3.13. The first kappa shape index (κ1) is 17.3. The van der Waals surface area contributed by atoms with Crippen LogP contribution in [0.25, 0.3) is 0 Å². The van der Waals surface area contributed by atoms with Crippen LogP contribution in [0, 0.1) is 5.41 Å². The number of piperidine rings is 3. The highest BCUT2D eigenvalue weighted by Crippen LogP contribution is 2.40. The van der Waals surface area contributed by atoms with Crippen molar-refractivity contribution in [2.75, 3.05) is 39.8 Å².